The fourth-order valence-corrected chi connectivity index (χ4v) is 2.76. The first-order chi connectivity index (χ1) is 12.2. The third-order valence-electron chi connectivity index (χ3n) is 3.41. The summed E-state index contributed by atoms with van der Waals surface area (Å²) in [6, 6.07) is 11.8. The molecule has 0 unspecified atom stereocenters. The lowest BCUT2D eigenvalue weighted by molar-refractivity contribution is -0.137. The molecule has 8 heteroatoms. The summed E-state index contributed by atoms with van der Waals surface area (Å²) < 4.78 is 40.0. The van der Waals surface area contributed by atoms with Crippen LogP contribution in [-0.2, 0) is 11.0 Å². The number of benzene rings is 2. The molecule has 0 fully saturated rings. The van der Waals surface area contributed by atoms with Gasteiger partial charge in [0, 0.05) is 15.5 Å². The van der Waals surface area contributed by atoms with Gasteiger partial charge in [0.1, 0.15) is 11.6 Å². The molecule has 0 aromatic heterocycles. The number of nitriles is 1. The zero-order valence-corrected chi connectivity index (χ0v) is 15.6. The van der Waals surface area contributed by atoms with Crippen molar-refractivity contribution in [2.45, 2.75) is 13.1 Å². The van der Waals surface area contributed by atoms with Gasteiger partial charge in [0.15, 0.2) is 0 Å². The summed E-state index contributed by atoms with van der Waals surface area (Å²) in [7, 11) is 0. The van der Waals surface area contributed by atoms with Gasteiger partial charge in [-0.15, -0.1) is 0 Å². The Morgan fingerprint density at radius 1 is 1.19 bits per heavy atom. The van der Waals surface area contributed by atoms with Crippen LogP contribution in [0, 0.1) is 21.8 Å². The molecule has 0 aliphatic rings. The fourth-order valence-electron chi connectivity index (χ4n) is 2.12. The van der Waals surface area contributed by atoms with Crippen molar-refractivity contribution in [1.82, 2.24) is 0 Å². The molecule has 0 saturated heterocycles. The smallest absolute Gasteiger partial charge is 0.360 e. The second kappa shape index (κ2) is 8.23. The van der Waals surface area contributed by atoms with E-state index in [1.165, 1.54) is 18.3 Å². The average Bonchev–Trinajstić information content (AvgIpc) is 2.56. The maximum atomic E-state index is 13.0. The van der Waals surface area contributed by atoms with Gasteiger partial charge in [-0.05, 0) is 65.4 Å². The number of alkyl halides is 3. The van der Waals surface area contributed by atoms with E-state index in [2.05, 4.69) is 33.2 Å². The van der Waals surface area contributed by atoms with Gasteiger partial charge in [-0.1, -0.05) is 12.1 Å². The van der Waals surface area contributed by atoms with Crippen molar-refractivity contribution in [3.8, 4) is 6.07 Å². The number of rotatable bonds is 4. The minimum Gasteiger partial charge on any atom is -0.360 e. The SMILES string of the molecule is Cc1cc(I)ccc1N/C=C(/C#N)C(=O)Nc1ccccc1C(F)(F)F. The van der Waals surface area contributed by atoms with E-state index in [-0.39, 0.29) is 5.57 Å². The zero-order chi connectivity index (χ0) is 19.3. The summed E-state index contributed by atoms with van der Waals surface area (Å²) in [5.41, 5.74) is -0.154. The van der Waals surface area contributed by atoms with Gasteiger partial charge in [0.2, 0.25) is 0 Å². The van der Waals surface area contributed by atoms with Crippen LogP contribution in [0.3, 0.4) is 0 Å². The molecule has 0 aliphatic carbocycles. The van der Waals surface area contributed by atoms with Crippen LogP contribution in [0.15, 0.2) is 54.2 Å². The third kappa shape index (κ3) is 4.98. The third-order valence-corrected chi connectivity index (χ3v) is 4.08. The van der Waals surface area contributed by atoms with E-state index in [1.54, 1.807) is 12.1 Å². The van der Waals surface area contributed by atoms with Gasteiger partial charge in [-0.2, -0.15) is 18.4 Å². The number of hydrogen-bond acceptors (Lipinski definition) is 3. The van der Waals surface area contributed by atoms with Gasteiger partial charge in [-0.3, -0.25) is 4.79 Å². The molecule has 4 nitrogen and oxygen atoms in total. The second-order valence-corrected chi connectivity index (χ2v) is 6.52. The molecule has 0 spiro atoms. The first-order valence-electron chi connectivity index (χ1n) is 7.33. The maximum absolute atomic E-state index is 13.0. The molecule has 0 saturated carbocycles. The lowest BCUT2D eigenvalue weighted by atomic mass is 10.1. The van der Waals surface area contributed by atoms with Crippen molar-refractivity contribution >= 4 is 39.9 Å². The van der Waals surface area contributed by atoms with Crippen molar-refractivity contribution in [3.05, 3.63) is 68.9 Å². The Bertz CT molecular complexity index is 901. The molecule has 1 amide bonds. The molecule has 2 rings (SSSR count). The summed E-state index contributed by atoms with van der Waals surface area (Å²) >= 11 is 2.15. The number of anilines is 2. The maximum Gasteiger partial charge on any atom is 0.418 e. The molecule has 0 heterocycles. The average molecular weight is 471 g/mol. The minimum atomic E-state index is -4.61. The molecule has 2 aromatic carbocycles. The van der Waals surface area contributed by atoms with Gasteiger partial charge in [0.25, 0.3) is 5.91 Å². The first kappa shape index (κ1) is 19.8. The number of hydrogen-bond donors (Lipinski definition) is 2. The summed E-state index contributed by atoms with van der Waals surface area (Å²) in [6.45, 7) is 1.85. The summed E-state index contributed by atoms with van der Waals surface area (Å²) in [5.74, 6) is -0.931. The Hall–Kier alpha value is -2.54. The van der Waals surface area contributed by atoms with E-state index < -0.39 is 23.3 Å². The number of para-hydroxylation sites is 1. The highest BCUT2D eigenvalue weighted by Gasteiger charge is 2.33. The summed E-state index contributed by atoms with van der Waals surface area (Å²) in [5, 5.41) is 14.1. The zero-order valence-electron chi connectivity index (χ0n) is 13.5. The molecule has 0 aliphatic heterocycles. The quantitative estimate of drug-likeness (QED) is 0.372. The number of amides is 1. The van der Waals surface area contributed by atoms with Crippen molar-refractivity contribution in [3.63, 3.8) is 0 Å². The van der Waals surface area contributed by atoms with Crippen LogP contribution in [0.4, 0.5) is 24.5 Å². The molecule has 0 radical (unpaired) electrons. The fraction of sp³-hybridized carbons (Fsp3) is 0.111. The minimum absolute atomic E-state index is 0.347. The Morgan fingerprint density at radius 2 is 1.88 bits per heavy atom. The molecule has 2 aromatic rings. The standard InChI is InChI=1S/C18H13F3IN3O/c1-11-8-13(22)6-7-15(11)24-10-12(9-23)17(26)25-16-5-3-2-4-14(16)18(19,20)21/h2-8,10,24H,1H3,(H,25,26)/b12-10-. The molecule has 0 bridgehead atoms. The molecular formula is C18H13F3IN3O. The highest BCUT2D eigenvalue weighted by atomic mass is 127. The van der Waals surface area contributed by atoms with Crippen molar-refractivity contribution < 1.29 is 18.0 Å². The van der Waals surface area contributed by atoms with Crippen molar-refractivity contribution in [2.75, 3.05) is 10.6 Å². The topological polar surface area (TPSA) is 64.9 Å². The Morgan fingerprint density at radius 3 is 2.50 bits per heavy atom. The van der Waals surface area contributed by atoms with E-state index in [1.807, 2.05) is 19.1 Å². The largest absolute Gasteiger partial charge is 0.418 e. The van der Waals surface area contributed by atoms with E-state index in [4.69, 9.17) is 5.26 Å². The summed E-state index contributed by atoms with van der Waals surface area (Å²) in [6.07, 6.45) is -3.45. The van der Waals surface area contributed by atoms with E-state index in [0.29, 0.717) is 5.69 Å². The summed E-state index contributed by atoms with van der Waals surface area (Å²) in [4.78, 5) is 12.2. The molecule has 2 N–H and O–H groups in total. The van der Waals surface area contributed by atoms with Gasteiger partial charge in [0.05, 0.1) is 11.3 Å². The first-order valence-corrected chi connectivity index (χ1v) is 8.41. The molecule has 26 heavy (non-hydrogen) atoms. The normalized spacial score (nSPS) is 11.6. The lowest BCUT2D eigenvalue weighted by Gasteiger charge is -2.13. The van der Waals surface area contributed by atoms with Crippen molar-refractivity contribution in [1.29, 1.82) is 5.26 Å². The highest BCUT2D eigenvalue weighted by molar-refractivity contribution is 14.1. The van der Waals surface area contributed by atoms with E-state index >= 15 is 0 Å². The van der Waals surface area contributed by atoms with E-state index in [9.17, 15) is 18.0 Å². The number of aryl methyl sites for hydroxylation is 1. The van der Waals surface area contributed by atoms with Crippen LogP contribution < -0.4 is 10.6 Å². The Labute approximate surface area is 161 Å². The van der Waals surface area contributed by atoms with Crippen LogP contribution in [0.25, 0.3) is 0 Å². The molecule has 134 valence electrons. The lowest BCUT2D eigenvalue weighted by Crippen LogP contribution is -2.18. The predicted molar refractivity (Wildman–Crippen MR) is 101 cm³/mol. The van der Waals surface area contributed by atoms with Crippen LogP contribution in [0.1, 0.15) is 11.1 Å². The number of nitrogens with one attached hydrogen (secondary N) is 2. The number of nitrogens with zero attached hydrogens (tertiary/aromatic N) is 1. The van der Waals surface area contributed by atoms with Gasteiger partial charge < -0.3 is 10.6 Å². The van der Waals surface area contributed by atoms with Crippen LogP contribution in [0.2, 0.25) is 0 Å². The monoisotopic (exact) mass is 471 g/mol. The van der Waals surface area contributed by atoms with Crippen LogP contribution in [-0.4, -0.2) is 5.91 Å². The molecule has 0 atom stereocenters. The predicted octanol–water partition coefficient (Wildman–Crippen LogP) is 5.08. The Balaban J connectivity index is 2.21. The van der Waals surface area contributed by atoms with Gasteiger partial charge >= 0.3 is 6.18 Å². The molecular weight excluding hydrogens is 458 g/mol. The Kier molecular flexibility index (Phi) is 6.26. The van der Waals surface area contributed by atoms with E-state index in [0.717, 1.165) is 21.3 Å². The number of halogens is 4. The van der Waals surface area contributed by atoms with Crippen LogP contribution >= 0.6 is 22.6 Å². The number of carbonyl (C=O) groups excluding carboxylic acids is 1. The van der Waals surface area contributed by atoms with Crippen molar-refractivity contribution in [2.24, 2.45) is 0 Å². The van der Waals surface area contributed by atoms with Gasteiger partial charge in [-0.25, -0.2) is 0 Å². The van der Waals surface area contributed by atoms with Crippen LogP contribution in [0.5, 0.6) is 0 Å². The second-order valence-electron chi connectivity index (χ2n) is 5.27. The highest BCUT2D eigenvalue weighted by Crippen LogP contribution is 2.34. The number of carbonyl (C=O) groups is 1.